The predicted octanol–water partition coefficient (Wildman–Crippen LogP) is 3.22. The van der Waals surface area contributed by atoms with Gasteiger partial charge in [0.1, 0.15) is 6.61 Å². The first-order valence-corrected chi connectivity index (χ1v) is 7.70. The van der Waals surface area contributed by atoms with Crippen LogP contribution in [0.4, 0.5) is 0 Å². The molecule has 0 spiro atoms. The second-order valence-electron chi connectivity index (χ2n) is 5.51. The van der Waals surface area contributed by atoms with Gasteiger partial charge in [0.2, 0.25) is 5.88 Å². The van der Waals surface area contributed by atoms with Crippen LogP contribution in [0.3, 0.4) is 0 Å². The number of carbonyl (C=O) groups excluding carboxylic acids is 1. The molecule has 124 valence electrons. The van der Waals surface area contributed by atoms with Gasteiger partial charge in [0.15, 0.2) is 0 Å². The zero-order valence-electron chi connectivity index (χ0n) is 13.7. The standard InChI is InChI=1S/C17H22N2O4/c1-4-6-13-7-5-8-14(17(20)23-12(2)3)15(13)11-22-16-9-10-19(21)18-16/h5,7-10,12,21H,4,6,11H2,1-3H3. The molecule has 0 fully saturated rings. The van der Waals surface area contributed by atoms with E-state index in [2.05, 4.69) is 12.0 Å². The van der Waals surface area contributed by atoms with Crippen molar-refractivity contribution in [3.05, 3.63) is 47.2 Å². The Kier molecular flexibility index (Phi) is 5.62. The Morgan fingerprint density at radius 1 is 1.35 bits per heavy atom. The quantitative estimate of drug-likeness (QED) is 0.627. The highest BCUT2D eigenvalue weighted by Gasteiger charge is 2.18. The lowest BCUT2D eigenvalue weighted by Gasteiger charge is -2.15. The fourth-order valence-corrected chi connectivity index (χ4v) is 2.30. The summed E-state index contributed by atoms with van der Waals surface area (Å²) in [6.45, 7) is 5.91. The molecule has 1 N–H and O–H groups in total. The average Bonchev–Trinajstić information content (AvgIpc) is 2.91. The van der Waals surface area contributed by atoms with Crippen LogP contribution in [0.5, 0.6) is 5.88 Å². The van der Waals surface area contributed by atoms with Gasteiger partial charge in [0.25, 0.3) is 0 Å². The third-order valence-corrected chi connectivity index (χ3v) is 3.27. The molecule has 0 unspecified atom stereocenters. The van der Waals surface area contributed by atoms with Gasteiger partial charge >= 0.3 is 5.97 Å². The summed E-state index contributed by atoms with van der Waals surface area (Å²) in [4.78, 5) is 13.0. The monoisotopic (exact) mass is 318 g/mol. The Morgan fingerprint density at radius 3 is 2.74 bits per heavy atom. The smallest absolute Gasteiger partial charge is 0.338 e. The second kappa shape index (κ2) is 7.67. The number of ether oxygens (including phenoxy) is 2. The number of esters is 1. The van der Waals surface area contributed by atoms with Crippen molar-refractivity contribution in [2.45, 2.75) is 46.3 Å². The molecule has 6 heteroatoms. The minimum atomic E-state index is -0.357. The molecule has 0 atom stereocenters. The van der Waals surface area contributed by atoms with Gasteiger partial charge in [-0.3, -0.25) is 0 Å². The number of nitrogens with zero attached hydrogens (tertiary/aromatic N) is 2. The fourth-order valence-electron chi connectivity index (χ4n) is 2.30. The van der Waals surface area contributed by atoms with Crippen molar-refractivity contribution in [1.82, 2.24) is 9.94 Å². The van der Waals surface area contributed by atoms with Gasteiger partial charge in [-0.1, -0.05) is 30.6 Å². The first kappa shape index (κ1) is 16.9. The van der Waals surface area contributed by atoms with E-state index in [1.807, 2.05) is 26.0 Å². The Labute approximate surface area is 135 Å². The number of aromatic nitrogens is 2. The third-order valence-electron chi connectivity index (χ3n) is 3.27. The summed E-state index contributed by atoms with van der Waals surface area (Å²) in [5.41, 5.74) is 2.36. The summed E-state index contributed by atoms with van der Waals surface area (Å²) < 4.78 is 10.9. The largest absolute Gasteiger partial charge is 0.472 e. The minimum Gasteiger partial charge on any atom is -0.472 e. The number of hydrogen-bond donors (Lipinski definition) is 1. The molecule has 2 aromatic rings. The van der Waals surface area contributed by atoms with Gasteiger partial charge in [-0.2, -0.15) is 0 Å². The number of benzene rings is 1. The van der Waals surface area contributed by atoms with Crippen LogP contribution in [-0.4, -0.2) is 27.2 Å². The SMILES string of the molecule is CCCc1cccc(C(=O)OC(C)C)c1COc1ccn(O)n1. The number of hydrogen-bond acceptors (Lipinski definition) is 5. The van der Waals surface area contributed by atoms with E-state index in [1.165, 1.54) is 6.20 Å². The first-order valence-electron chi connectivity index (χ1n) is 7.70. The topological polar surface area (TPSA) is 73.6 Å². The molecule has 1 aromatic heterocycles. The van der Waals surface area contributed by atoms with E-state index in [9.17, 15) is 10.0 Å². The van der Waals surface area contributed by atoms with Crippen molar-refractivity contribution in [2.24, 2.45) is 0 Å². The number of aryl methyl sites for hydroxylation is 1. The van der Waals surface area contributed by atoms with E-state index in [4.69, 9.17) is 9.47 Å². The van der Waals surface area contributed by atoms with Gasteiger partial charge in [0.05, 0.1) is 17.9 Å². The Balaban J connectivity index is 2.26. The normalized spacial score (nSPS) is 10.8. The second-order valence-corrected chi connectivity index (χ2v) is 5.51. The van der Waals surface area contributed by atoms with E-state index in [0.717, 1.165) is 24.0 Å². The molecule has 0 radical (unpaired) electrons. The average molecular weight is 318 g/mol. The highest BCUT2D eigenvalue weighted by atomic mass is 16.5. The Bertz CT molecular complexity index is 664. The molecule has 0 amide bonds. The molecule has 6 nitrogen and oxygen atoms in total. The molecular weight excluding hydrogens is 296 g/mol. The van der Waals surface area contributed by atoms with E-state index in [1.54, 1.807) is 12.1 Å². The van der Waals surface area contributed by atoms with E-state index in [-0.39, 0.29) is 18.7 Å². The van der Waals surface area contributed by atoms with Crippen LogP contribution in [0.15, 0.2) is 30.5 Å². The molecule has 1 aromatic carbocycles. The lowest BCUT2D eigenvalue weighted by molar-refractivity contribution is 0.0374. The third kappa shape index (κ3) is 4.48. The molecule has 0 aliphatic heterocycles. The number of rotatable bonds is 7. The van der Waals surface area contributed by atoms with E-state index in [0.29, 0.717) is 16.3 Å². The van der Waals surface area contributed by atoms with Crippen molar-refractivity contribution in [2.75, 3.05) is 0 Å². The van der Waals surface area contributed by atoms with Crippen molar-refractivity contribution in [1.29, 1.82) is 0 Å². The Morgan fingerprint density at radius 2 is 2.13 bits per heavy atom. The fraction of sp³-hybridized carbons (Fsp3) is 0.412. The summed E-state index contributed by atoms with van der Waals surface area (Å²) >= 11 is 0. The summed E-state index contributed by atoms with van der Waals surface area (Å²) in [6.07, 6.45) is 2.99. The summed E-state index contributed by atoms with van der Waals surface area (Å²) in [7, 11) is 0. The summed E-state index contributed by atoms with van der Waals surface area (Å²) in [5, 5.41) is 12.9. The van der Waals surface area contributed by atoms with Crippen LogP contribution in [-0.2, 0) is 17.8 Å². The van der Waals surface area contributed by atoms with Gasteiger partial charge in [-0.25, -0.2) is 4.79 Å². The van der Waals surface area contributed by atoms with Crippen LogP contribution < -0.4 is 4.74 Å². The molecule has 1 heterocycles. The highest BCUT2D eigenvalue weighted by molar-refractivity contribution is 5.91. The molecule has 0 saturated heterocycles. The maximum absolute atomic E-state index is 12.3. The van der Waals surface area contributed by atoms with Gasteiger partial charge in [0, 0.05) is 11.6 Å². The Hall–Kier alpha value is -2.50. The predicted molar refractivity (Wildman–Crippen MR) is 84.7 cm³/mol. The van der Waals surface area contributed by atoms with Crippen LogP contribution in [0.1, 0.15) is 48.7 Å². The van der Waals surface area contributed by atoms with Crippen molar-refractivity contribution >= 4 is 5.97 Å². The molecule has 0 aliphatic carbocycles. The number of carbonyl (C=O) groups is 1. The molecule has 0 aliphatic rings. The van der Waals surface area contributed by atoms with Gasteiger partial charge in [-0.05, 0) is 31.9 Å². The van der Waals surface area contributed by atoms with Crippen LogP contribution in [0.25, 0.3) is 0 Å². The highest BCUT2D eigenvalue weighted by Crippen LogP contribution is 2.20. The van der Waals surface area contributed by atoms with Gasteiger partial charge < -0.3 is 14.7 Å². The molecule has 0 saturated carbocycles. The zero-order valence-corrected chi connectivity index (χ0v) is 13.7. The lowest BCUT2D eigenvalue weighted by atomic mass is 9.98. The zero-order chi connectivity index (χ0) is 16.8. The van der Waals surface area contributed by atoms with Crippen LogP contribution in [0.2, 0.25) is 0 Å². The molecule has 2 rings (SSSR count). The minimum absolute atomic E-state index is 0.184. The maximum atomic E-state index is 12.3. The van der Waals surface area contributed by atoms with Crippen molar-refractivity contribution < 1.29 is 19.5 Å². The summed E-state index contributed by atoms with van der Waals surface area (Å²) in [6, 6.07) is 7.13. The molecular formula is C17H22N2O4. The van der Waals surface area contributed by atoms with Crippen molar-refractivity contribution in [3.63, 3.8) is 0 Å². The molecule has 23 heavy (non-hydrogen) atoms. The molecule has 0 bridgehead atoms. The lowest BCUT2D eigenvalue weighted by Crippen LogP contribution is -2.16. The maximum Gasteiger partial charge on any atom is 0.338 e. The van der Waals surface area contributed by atoms with Crippen molar-refractivity contribution in [3.8, 4) is 5.88 Å². The first-order chi connectivity index (χ1) is 11.0. The van der Waals surface area contributed by atoms with Crippen LogP contribution in [0, 0.1) is 0 Å². The van der Waals surface area contributed by atoms with Gasteiger partial charge in [-0.15, -0.1) is 4.85 Å². The van der Waals surface area contributed by atoms with E-state index < -0.39 is 0 Å². The van der Waals surface area contributed by atoms with E-state index >= 15 is 0 Å². The van der Waals surface area contributed by atoms with Crippen LogP contribution >= 0.6 is 0 Å². The summed E-state index contributed by atoms with van der Waals surface area (Å²) in [5.74, 6) is -0.0637.